The number of rotatable bonds is 6. The zero-order valence-corrected chi connectivity index (χ0v) is 13.7. The van der Waals surface area contributed by atoms with Crippen LogP contribution in [0.2, 0.25) is 0 Å². The summed E-state index contributed by atoms with van der Waals surface area (Å²) in [5, 5.41) is 3.19. The van der Waals surface area contributed by atoms with E-state index in [0.717, 1.165) is 32.5 Å². The molecule has 2 saturated heterocycles. The van der Waals surface area contributed by atoms with Gasteiger partial charge in [0.1, 0.15) is 0 Å². The fourth-order valence-corrected chi connectivity index (χ4v) is 4.98. The van der Waals surface area contributed by atoms with E-state index in [-0.39, 0.29) is 11.8 Å². The van der Waals surface area contributed by atoms with Crippen molar-refractivity contribution in [3.8, 4) is 0 Å². The first-order chi connectivity index (χ1) is 9.54. The zero-order valence-electron chi connectivity index (χ0n) is 12.8. The molecule has 5 nitrogen and oxygen atoms in total. The number of sulfonamides is 1. The smallest absolute Gasteiger partial charge is 0.215 e. The molecule has 0 bridgehead atoms. The first kappa shape index (κ1) is 16.2. The van der Waals surface area contributed by atoms with E-state index in [0.29, 0.717) is 19.1 Å². The number of piperazine rings is 1. The molecule has 0 aliphatic carbocycles. The minimum absolute atomic E-state index is 0.112. The summed E-state index contributed by atoms with van der Waals surface area (Å²) in [5.41, 5.74) is 0. The van der Waals surface area contributed by atoms with Crippen LogP contribution in [0.1, 0.15) is 39.5 Å². The first-order valence-corrected chi connectivity index (χ1v) is 9.60. The Labute approximate surface area is 123 Å². The van der Waals surface area contributed by atoms with Crippen molar-refractivity contribution in [3.63, 3.8) is 0 Å². The predicted octanol–water partition coefficient (Wildman–Crippen LogP) is 0.874. The van der Waals surface area contributed by atoms with Crippen LogP contribution in [0.3, 0.4) is 0 Å². The van der Waals surface area contributed by atoms with Gasteiger partial charge in [0.25, 0.3) is 0 Å². The molecule has 0 aromatic rings. The molecule has 0 radical (unpaired) electrons. The maximum absolute atomic E-state index is 12.5. The van der Waals surface area contributed by atoms with Crippen molar-refractivity contribution in [2.75, 3.05) is 38.5 Å². The van der Waals surface area contributed by atoms with E-state index < -0.39 is 10.0 Å². The van der Waals surface area contributed by atoms with Gasteiger partial charge in [-0.1, -0.05) is 13.3 Å². The van der Waals surface area contributed by atoms with Gasteiger partial charge in [-0.2, -0.15) is 4.31 Å². The van der Waals surface area contributed by atoms with Crippen molar-refractivity contribution < 1.29 is 8.42 Å². The third-order valence-electron chi connectivity index (χ3n) is 4.45. The molecule has 2 heterocycles. The van der Waals surface area contributed by atoms with Gasteiger partial charge < -0.3 is 5.32 Å². The van der Waals surface area contributed by atoms with E-state index in [1.165, 1.54) is 12.8 Å². The summed E-state index contributed by atoms with van der Waals surface area (Å²) in [6, 6.07) is 0.554. The number of nitrogens with one attached hydrogen (secondary N) is 1. The Morgan fingerprint density at radius 2 is 2.00 bits per heavy atom. The van der Waals surface area contributed by atoms with Crippen molar-refractivity contribution in [2.24, 2.45) is 0 Å². The van der Waals surface area contributed by atoms with Crippen LogP contribution >= 0.6 is 0 Å². The molecule has 2 rings (SSSR count). The molecule has 1 N–H and O–H groups in total. The summed E-state index contributed by atoms with van der Waals surface area (Å²) in [4.78, 5) is 2.48. The molecule has 2 fully saturated rings. The van der Waals surface area contributed by atoms with Crippen LogP contribution in [-0.2, 0) is 10.0 Å². The van der Waals surface area contributed by atoms with Crippen LogP contribution in [0, 0.1) is 0 Å². The van der Waals surface area contributed by atoms with Crippen LogP contribution in [-0.4, -0.2) is 68.2 Å². The van der Waals surface area contributed by atoms with Crippen molar-refractivity contribution in [2.45, 2.75) is 51.6 Å². The van der Waals surface area contributed by atoms with E-state index in [1.807, 2.05) is 6.92 Å². The minimum atomic E-state index is -3.12. The summed E-state index contributed by atoms with van der Waals surface area (Å²) in [6.45, 7) is 8.31. The lowest BCUT2D eigenvalue weighted by Crippen LogP contribution is -2.60. The van der Waals surface area contributed by atoms with Gasteiger partial charge in [-0.05, 0) is 39.3 Å². The van der Waals surface area contributed by atoms with E-state index >= 15 is 0 Å². The summed E-state index contributed by atoms with van der Waals surface area (Å²) in [6.07, 6.45) is 4.68. The van der Waals surface area contributed by atoms with Gasteiger partial charge >= 0.3 is 0 Å². The topological polar surface area (TPSA) is 52.7 Å². The summed E-state index contributed by atoms with van der Waals surface area (Å²) in [7, 11) is -3.12. The van der Waals surface area contributed by atoms with Gasteiger partial charge in [-0.3, -0.25) is 4.90 Å². The maximum atomic E-state index is 12.5. The molecule has 0 aromatic carbocycles. The quantitative estimate of drug-likeness (QED) is 0.740. The second-order valence-corrected chi connectivity index (χ2v) is 8.17. The fraction of sp³-hybridized carbons (Fsp3) is 1.00. The SMILES string of the molecule is CCCNCCS(=O)(=O)N1CC2CCCCN2CC1C. The molecular formula is C14H29N3O2S. The molecule has 118 valence electrons. The molecule has 2 aliphatic rings. The fourth-order valence-electron chi connectivity index (χ4n) is 3.33. The number of nitrogens with zero attached hydrogens (tertiary/aromatic N) is 2. The molecule has 6 heteroatoms. The third kappa shape index (κ3) is 3.93. The highest BCUT2D eigenvalue weighted by Crippen LogP contribution is 2.25. The number of hydrogen-bond donors (Lipinski definition) is 1. The Kier molecular flexibility index (Phi) is 5.84. The van der Waals surface area contributed by atoms with Gasteiger partial charge in [0.05, 0.1) is 5.75 Å². The first-order valence-electron chi connectivity index (χ1n) is 7.99. The molecule has 0 spiro atoms. The number of hydrogen-bond acceptors (Lipinski definition) is 4. The van der Waals surface area contributed by atoms with Gasteiger partial charge in [-0.15, -0.1) is 0 Å². The lowest BCUT2D eigenvalue weighted by Gasteiger charge is -2.46. The third-order valence-corrected chi connectivity index (χ3v) is 6.39. The summed E-state index contributed by atoms with van der Waals surface area (Å²) >= 11 is 0. The van der Waals surface area contributed by atoms with Gasteiger partial charge in [0, 0.05) is 31.7 Å². The molecule has 2 unspecified atom stereocenters. The van der Waals surface area contributed by atoms with Crippen molar-refractivity contribution in [1.82, 2.24) is 14.5 Å². The Bertz CT molecular complexity index is 399. The Balaban J connectivity index is 1.92. The number of piperidine rings is 1. The molecular weight excluding hydrogens is 274 g/mol. The Hall–Kier alpha value is -0.170. The van der Waals surface area contributed by atoms with Gasteiger partial charge in [0.15, 0.2) is 0 Å². The zero-order chi connectivity index (χ0) is 14.6. The van der Waals surface area contributed by atoms with Crippen LogP contribution in [0.5, 0.6) is 0 Å². The van der Waals surface area contributed by atoms with Crippen LogP contribution in [0.15, 0.2) is 0 Å². The van der Waals surface area contributed by atoms with E-state index in [1.54, 1.807) is 4.31 Å². The van der Waals surface area contributed by atoms with Crippen LogP contribution < -0.4 is 5.32 Å². The molecule has 2 aliphatic heterocycles. The van der Waals surface area contributed by atoms with Crippen LogP contribution in [0.25, 0.3) is 0 Å². The summed E-state index contributed by atoms with van der Waals surface area (Å²) < 4.78 is 26.8. The maximum Gasteiger partial charge on any atom is 0.215 e. The molecule has 0 saturated carbocycles. The van der Waals surface area contributed by atoms with Crippen molar-refractivity contribution >= 4 is 10.0 Å². The highest BCUT2D eigenvalue weighted by atomic mass is 32.2. The normalized spacial score (nSPS) is 29.3. The average Bonchev–Trinajstić information content (AvgIpc) is 2.43. The second kappa shape index (κ2) is 7.20. The monoisotopic (exact) mass is 303 g/mol. The van der Waals surface area contributed by atoms with E-state index in [9.17, 15) is 8.42 Å². The standard InChI is InChI=1S/C14H29N3O2S/c1-3-7-15-8-10-20(18,19)17-12-14-6-4-5-9-16(14)11-13(17)2/h13-15H,3-12H2,1-2H3. The van der Waals surface area contributed by atoms with Gasteiger partial charge in [0.2, 0.25) is 10.0 Å². The van der Waals surface area contributed by atoms with E-state index in [4.69, 9.17) is 0 Å². The molecule has 20 heavy (non-hydrogen) atoms. The van der Waals surface area contributed by atoms with Crippen molar-refractivity contribution in [1.29, 1.82) is 0 Å². The lowest BCUT2D eigenvalue weighted by molar-refractivity contribution is 0.0565. The molecule has 2 atom stereocenters. The molecule has 0 amide bonds. The van der Waals surface area contributed by atoms with Crippen molar-refractivity contribution in [3.05, 3.63) is 0 Å². The highest BCUT2D eigenvalue weighted by Gasteiger charge is 2.38. The van der Waals surface area contributed by atoms with Gasteiger partial charge in [-0.25, -0.2) is 8.42 Å². The number of fused-ring (bicyclic) bond motifs is 1. The predicted molar refractivity (Wildman–Crippen MR) is 82.3 cm³/mol. The highest BCUT2D eigenvalue weighted by molar-refractivity contribution is 7.89. The average molecular weight is 303 g/mol. The lowest BCUT2D eigenvalue weighted by atomic mass is 9.99. The molecule has 0 aromatic heterocycles. The summed E-state index contributed by atoms with van der Waals surface area (Å²) in [5.74, 6) is 0.226. The van der Waals surface area contributed by atoms with E-state index in [2.05, 4.69) is 17.1 Å². The largest absolute Gasteiger partial charge is 0.316 e. The Morgan fingerprint density at radius 3 is 2.75 bits per heavy atom. The van der Waals surface area contributed by atoms with Crippen LogP contribution in [0.4, 0.5) is 0 Å². The minimum Gasteiger partial charge on any atom is -0.316 e. The Morgan fingerprint density at radius 1 is 1.20 bits per heavy atom. The second-order valence-electron chi connectivity index (χ2n) is 6.13.